The van der Waals surface area contributed by atoms with Gasteiger partial charge in [-0.1, -0.05) is 17.7 Å². The molecule has 3 nitrogen and oxygen atoms in total. The summed E-state index contributed by atoms with van der Waals surface area (Å²) in [4.78, 5) is 12.0. The predicted molar refractivity (Wildman–Crippen MR) is 76.8 cm³/mol. The topological polar surface area (TPSA) is 50.1 Å². The van der Waals surface area contributed by atoms with Crippen molar-refractivity contribution in [1.82, 2.24) is 0 Å². The van der Waals surface area contributed by atoms with Gasteiger partial charge in [-0.25, -0.2) is 4.79 Å². The third kappa shape index (κ3) is 2.86. The second-order valence-corrected chi connectivity index (χ2v) is 4.80. The zero-order valence-electron chi connectivity index (χ0n) is 11.7. The van der Waals surface area contributed by atoms with Crippen molar-refractivity contribution in [2.75, 3.05) is 0 Å². The molecule has 0 unspecified atom stereocenters. The summed E-state index contributed by atoms with van der Waals surface area (Å²) in [7, 11) is 0. The summed E-state index contributed by atoms with van der Waals surface area (Å²) in [5.74, 6) is 0.0677. The van der Waals surface area contributed by atoms with Crippen molar-refractivity contribution in [3.05, 3.63) is 64.2 Å². The normalized spacial score (nSPS) is 9.90. The number of carbonyl (C=O) groups excluding carboxylic acids is 1. The van der Waals surface area contributed by atoms with Gasteiger partial charge in [0.05, 0.1) is 17.2 Å². The first-order valence-corrected chi connectivity index (χ1v) is 6.31. The number of hydrogen-bond donors (Lipinski definition) is 0. The minimum absolute atomic E-state index is 0.395. The summed E-state index contributed by atoms with van der Waals surface area (Å²) in [6.07, 6.45) is 0. The van der Waals surface area contributed by atoms with Crippen molar-refractivity contribution >= 4 is 5.97 Å². The van der Waals surface area contributed by atoms with Crippen molar-refractivity contribution in [3.63, 3.8) is 0 Å². The lowest BCUT2D eigenvalue weighted by molar-refractivity contribution is 0.0734. The van der Waals surface area contributed by atoms with Gasteiger partial charge in [-0.05, 0) is 56.2 Å². The van der Waals surface area contributed by atoms with E-state index in [2.05, 4.69) is 6.07 Å². The molecule has 0 aliphatic heterocycles. The molecule has 0 N–H and O–H groups in total. The van der Waals surface area contributed by atoms with E-state index >= 15 is 0 Å². The van der Waals surface area contributed by atoms with Crippen molar-refractivity contribution in [2.45, 2.75) is 20.8 Å². The molecule has 2 rings (SSSR count). The molecular weight excluding hydrogens is 250 g/mol. The van der Waals surface area contributed by atoms with Crippen molar-refractivity contribution in [2.24, 2.45) is 0 Å². The van der Waals surface area contributed by atoms with Gasteiger partial charge in [0.25, 0.3) is 0 Å². The average molecular weight is 265 g/mol. The van der Waals surface area contributed by atoms with Crippen LogP contribution in [0.1, 0.15) is 32.6 Å². The zero-order chi connectivity index (χ0) is 14.7. The number of carbonyl (C=O) groups is 1. The van der Waals surface area contributed by atoms with Gasteiger partial charge >= 0.3 is 5.97 Å². The molecule has 0 saturated heterocycles. The van der Waals surface area contributed by atoms with Crippen LogP contribution >= 0.6 is 0 Å². The Kier molecular flexibility index (Phi) is 3.86. The molecule has 0 aliphatic carbocycles. The molecule has 2 aromatic rings. The monoisotopic (exact) mass is 265 g/mol. The van der Waals surface area contributed by atoms with Gasteiger partial charge in [-0.3, -0.25) is 0 Å². The maximum atomic E-state index is 12.0. The number of rotatable bonds is 2. The van der Waals surface area contributed by atoms with Crippen LogP contribution in [-0.4, -0.2) is 5.97 Å². The maximum Gasteiger partial charge on any atom is 0.343 e. The standard InChI is InChI=1S/C17H15NO2/c1-11-4-6-14(7-5-11)17(19)20-15-8-12(2)16(10-18)13(3)9-15/h4-9H,1-3H3. The molecule has 0 atom stereocenters. The van der Waals surface area contributed by atoms with Crippen LogP contribution in [0, 0.1) is 32.1 Å². The van der Waals surface area contributed by atoms with Gasteiger partial charge in [-0.2, -0.15) is 5.26 Å². The molecule has 0 bridgehead atoms. The Labute approximate surface area is 118 Å². The lowest BCUT2D eigenvalue weighted by Crippen LogP contribution is -2.09. The Hall–Kier alpha value is -2.60. The van der Waals surface area contributed by atoms with E-state index in [9.17, 15) is 4.79 Å². The van der Waals surface area contributed by atoms with Gasteiger partial charge in [-0.15, -0.1) is 0 Å². The number of esters is 1. The number of nitriles is 1. The maximum absolute atomic E-state index is 12.0. The van der Waals surface area contributed by atoms with Gasteiger partial charge in [0.15, 0.2) is 0 Å². The molecule has 0 radical (unpaired) electrons. The minimum Gasteiger partial charge on any atom is -0.423 e. The lowest BCUT2D eigenvalue weighted by atomic mass is 10.0. The lowest BCUT2D eigenvalue weighted by Gasteiger charge is -2.08. The first-order chi connectivity index (χ1) is 9.51. The highest BCUT2D eigenvalue weighted by molar-refractivity contribution is 5.91. The summed E-state index contributed by atoms with van der Waals surface area (Å²) in [5, 5.41) is 9.02. The van der Waals surface area contributed by atoms with Crippen LogP contribution in [-0.2, 0) is 0 Å². The summed E-state index contributed by atoms with van der Waals surface area (Å²) in [6, 6.07) is 12.8. The van der Waals surface area contributed by atoms with Gasteiger partial charge < -0.3 is 4.74 Å². The number of ether oxygens (including phenoxy) is 1. The SMILES string of the molecule is Cc1ccc(C(=O)Oc2cc(C)c(C#N)c(C)c2)cc1. The number of benzene rings is 2. The van der Waals surface area contributed by atoms with Crippen LogP contribution in [0.3, 0.4) is 0 Å². The zero-order valence-corrected chi connectivity index (χ0v) is 11.7. The number of nitrogens with zero attached hydrogens (tertiary/aromatic N) is 1. The molecule has 0 heterocycles. The van der Waals surface area contributed by atoms with E-state index in [1.54, 1.807) is 24.3 Å². The molecule has 0 fully saturated rings. The second-order valence-electron chi connectivity index (χ2n) is 4.80. The summed E-state index contributed by atoms with van der Waals surface area (Å²) < 4.78 is 5.35. The van der Waals surface area contributed by atoms with Crippen molar-refractivity contribution in [3.8, 4) is 11.8 Å². The van der Waals surface area contributed by atoms with Crippen molar-refractivity contribution < 1.29 is 9.53 Å². The van der Waals surface area contributed by atoms with Gasteiger partial charge in [0.2, 0.25) is 0 Å². The Bertz CT molecular complexity index is 671. The van der Waals surface area contributed by atoms with Crippen LogP contribution in [0.15, 0.2) is 36.4 Å². The fourth-order valence-electron chi connectivity index (χ4n) is 2.01. The van der Waals surface area contributed by atoms with Gasteiger partial charge in [0, 0.05) is 0 Å². The van der Waals surface area contributed by atoms with E-state index in [4.69, 9.17) is 10.00 Å². The molecule has 100 valence electrons. The molecule has 0 aromatic heterocycles. The quantitative estimate of drug-likeness (QED) is 0.614. The first kappa shape index (κ1) is 13.8. The Morgan fingerprint density at radius 2 is 1.60 bits per heavy atom. The molecule has 0 spiro atoms. The van der Waals surface area contributed by atoms with Crippen LogP contribution in [0.4, 0.5) is 0 Å². The highest BCUT2D eigenvalue weighted by Gasteiger charge is 2.11. The van der Waals surface area contributed by atoms with Crippen LogP contribution in [0.5, 0.6) is 5.75 Å². The van der Waals surface area contributed by atoms with Gasteiger partial charge in [0.1, 0.15) is 5.75 Å². The third-order valence-corrected chi connectivity index (χ3v) is 3.12. The predicted octanol–water partition coefficient (Wildman–Crippen LogP) is 3.70. The average Bonchev–Trinajstić information content (AvgIpc) is 2.39. The second kappa shape index (κ2) is 5.58. The van der Waals surface area contributed by atoms with E-state index < -0.39 is 5.97 Å². The van der Waals surface area contributed by atoms with Crippen molar-refractivity contribution in [1.29, 1.82) is 5.26 Å². The summed E-state index contributed by atoms with van der Waals surface area (Å²) >= 11 is 0. The molecule has 2 aromatic carbocycles. The number of hydrogen-bond acceptors (Lipinski definition) is 3. The minimum atomic E-state index is -0.395. The van der Waals surface area contributed by atoms with E-state index in [1.807, 2.05) is 32.9 Å². The largest absolute Gasteiger partial charge is 0.423 e. The highest BCUT2D eigenvalue weighted by Crippen LogP contribution is 2.22. The molecule has 0 saturated carbocycles. The first-order valence-electron chi connectivity index (χ1n) is 6.31. The Morgan fingerprint density at radius 3 is 2.10 bits per heavy atom. The Balaban J connectivity index is 2.24. The number of aryl methyl sites for hydroxylation is 3. The highest BCUT2D eigenvalue weighted by atomic mass is 16.5. The Morgan fingerprint density at radius 1 is 1.05 bits per heavy atom. The molecule has 0 amide bonds. The third-order valence-electron chi connectivity index (χ3n) is 3.12. The van der Waals surface area contributed by atoms with E-state index in [0.29, 0.717) is 16.9 Å². The molecule has 0 aliphatic rings. The smallest absolute Gasteiger partial charge is 0.343 e. The molecular formula is C17H15NO2. The summed E-state index contributed by atoms with van der Waals surface area (Å²) in [6.45, 7) is 5.62. The van der Waals surface area contributed by atoms with Crippen LogP contribution in [0.25, 0.3) is 0 Å². The van der Waals surface area contributed by atoms with Crippen LogP contribution in [0.2, 0.25) is 0 Å². The van der Waals surface area contributed by atoms with E-state index in [-0.39, 0.29) is 0 Å². The molecule has 3 heteroatoms. The fourth-order valence-corrected chi connectivity index (χ4v) is 2.01. The van der Waals surface area contributed by atoms with E-state index in [1.165, 1.54) is 0 Å². The summed E-state index contributed by atoms with van der Waals surface area (Å²) in [5.41, 5.74) is 3.83. The fraction of sp³-hybridized carbons (Fsp3) is 0.176. The van der Waals surface area contributed by atoms with Crippen LogP contribution < -0.4 is 4.74 Å². The van der Waals surface area contributed by atoms with E-state index in [0.717, 1.165) is 16.7 Å². The molecule has 20 heavy (non-hydrogen) atoms.